The van der Waals surface area contributed by atoms with Crippen molar-refractivity contribution in [1.82, 2.24) is 10.4 Å². The topological polar surface area (TPSA) is 67.8 Å². The Balaban J connectivity index is 1.43. The fourth-order valence-electron chi connectivity index (χ4n) is 3.07. The van der Waals surface area contributed by atoms with Crippen molar-refractivity contribution in [3.63, 3.8) is 0 Å². The number of thiocarbonyl (C=S) groups is 1. The number of rotatable bonds is 9. The molecular weight excluding hydrogens is 444 g/mol. The second-order valence-electron chi connectivity index (χ2n) is 7.32. The maximum atomic E-state index is 6.11. The molecule has 0 bridgehead atoms. The summed E-state index contributed by atoms with van der Waals surface area (Å²) in [5.41, 5.74) is 6.59. The maximum Gasteiger partial charge on any atom is 0.191 e. The molecule has 0 aliphatic heterocycles. The first-order chi connectivity index (χ1) is 16.8. The third-order valence-corrected chi connectivity index (χ3v) is 4.93. The standard InChI is InChI=1S/C27H24N4O2S/c34-27(30-24-12-7-15-28-18-24)31-29-17-23-13-14-25(32-19-21-8-3-1-4-9-21)26(16-23)33-20-22-10-5-2-6-11-22/h1-18H,19-20H2,(H2,30,31,34). The van der Waals surface area contributed by atoms with Crippen molar-refractivity contribution in [2.45, 2.75) is 13.2 Å². The SMILES string of the molecule is S=C(NN=Cc1ccc(OCc2ccccc2)c(OCc2ccccc2)c1)Nc1cccnc1. The number of hydrogen-bond acceptors (Lipinski definition) is 5. The van der Waals surface area contributed by atoms with Crippen molar-refractivity contribution < 1.29 is 9.47 Å². The molecule has 0 saturated carbocycles. The van der Waals surface area contributed by atoms with Crippen LogP contribution >= 0.6 is 12.2 Å². The van der Waals surface area contributed by atoms with Crippen LogP contribution in [-0.2, 0) is 13.2 Å². The molecule has 1 heterocycles. The number of nitrogens with one attached hydrogen (secondary N) is 2. The van der Waals surface area contributed by atoms with Crippen LogP contribution in [0.4, 0.5) is 5.69 Å². The van der Waals surface area contributed by atoms with Crippen LogP contribution in [0.15, 0.2) is 108 Å². The number of ether oxygens (including phenoxy) is 2. The van der Waals surface area contributed by atoms with E-state index in [1.54, 1.807) is 18.6 Å². The molecule has 34 heavy (non-hydrogen) atoms. The van der Waals surface area contributed by atoms with E-state index in [0.717, 1.165) is 22.4 Å². The quantitative estimate of drug-likeness (QED) is 0.190. The van der Waals surface area contributed by atoms with Gasteiger partial charge in [-0.05, 0) is 59.2 Å². The summed E-state index contributed by atoms with van der Waals surface area (Å²) in [6.07, 6.45) is 5.06. The molecule has 0 amide bonds. The second kappa shape index (κ2) is 12.1. The van der Waals surface area contributed by atoms with E-state index in [4.69, 9.17) is 21.7 Å². The van der Waals surface area contributed by atoms with Crippen molar-refractivity contribution in [2.75, 3.05) is 5.32 Å². The summed E-state index contributed by atoms with van der Waals surface area (Å²) < 4.78 is 12.2. The minimum Gasteiger partial charge on any atom is -0.485 e. The Bertz CT molecular complexity index is 1220. The Morgan fingerprint density at radius 1 is 0.824 bits per heavy atom. The molecule has 0 aliphatic carbocycles. The van der Waals surface area contributed by atoms with E-state index in [2.05, 4.69) is 20.8 Å². The van der Waals surface area contributed by atoms with Gasteiger partial charge in [-0.3, -0.25) is 10.4 Å². The molecule has 0 atom stereocenters. The van der Waals surface area contributed by atoms with Crippen LogP contribution in [0.1, 0.15) is 16.7 Å². The summed E-state index contributed by atoms with van der Waals surface area (Å²) in [5, 5.41) is 7.61. The summed E-state index contributed by atoms with van der Waals surface area (Å²) in [6, 6.07) is 29.4. The first-order valence-electron chi connectivity index (χ1n) is 10.7. The van der Waals surface area contributed by atoms with Crippen LogP contribution in [0.2, 0.25) is 0 Å². The van der Waals surface area contributed by atoms with Gasteiger partial charge in [0.1, 0.15) is 13.2 Å². The molecule has 170 valence electrons. The van der Waals surface area contributed by atoms with Crippen LogP contribution in [0.5, 0.6) is 11.5 Å². The van der Waals surface area contributed by atoms with Gasteiger partial charge in [-0.2, -0.15) is 5.10 Å². The fourth-order valence-corrected chi connectivity index (χ4v) is 3.24. The zero-order valence-corrected chi connectivity index (χ0v) is 19.2. The van der Waals surface area contributed by atoms with Crippen molar-refractivity contribution >= 4 is 29.2 Å². The molecule has 3 aromatic carbocycles. The number of aromatic nitrogens is 1. The van der Waals surface area contributed by atoms with E-state index in [0.29, 0.717) is 29.8 Å². The van der Waals surface area contributed by atoms with Gasteiger partial charge >= 0.3 is 0 Å². The van der Waals surface area contributed by atoms with E-state index in [-0.39, 0.29) is 0 Å². The van der Waals surface area contributed by atoms with Gasteiger partial charge in [0.25, 0.3) is 0 Å². The third-order valence-electron chi connectivity index (χ3n) is 4.74. The molecule has 0 radical (unpaired) electrons. The number of benzene rings is 3. The van der Waals surface area contributed by atoms with Crippen molar-refractivity contribution in [3.05, 3.63) is 120 Å². The highest BCUT2D eigenvalue weighted by Gasteiger charge is 2.08. The first-order valence-corrected chi connectivity index (χ1v) is 11.1. The highest BCUT2D eigenvalue weighted by molar-refractivity contribution is 7.80. The molecule has 0 aliphatic rings. The van der Waals surface area contributed by atoms with E-state index in [9.17, 15) is 0 Å². The summed E-state index contributed by atoms with van der Waals surface area (Å²) in [6.45, 7) is 0.881. The predicted molar refractivity (Wildman–Crippen MR) is 139 cm³/mol. The third kappa shape index (κ3) is 7.15. The average Bonchev–Trinajstić information content (AvgIpc) is 2.88. The summed E-state index contributed by atoms with van der Waals surface area (Å²) in [4.78, 5) is 4.04. The predicted octanol–water partition coefficient (Wildman–Crippen LogP) is 5.56. The molecule has 4 aromatic rings. The van der Waals surface area contributed by atoms with Crippen LogP contribution in [0.25, 0.3) is 0 Å². The van der Waals surface area contributed by atoms with Crippen LogP contribution < -0.4 is 20.2 Å². The van der Waals surface area contributed by atoms with Gasteiger partial charge in [0, 0.05) is 6.20 Å². The smallest absolute Gasteiger partial charge is 0.191 e. The number of anilines is 1. The number of hydrazone groups is 1. The van der Waals surface area contributed by atoms with Crippen molar-refractivity contribution in [1.29, 1.82) is 0 Å². The van der Waals surface area contributed by atoms with Gasteiger partial charge in [-0.25, -0.2) is 0 Å². The van der Waals surface area contributed by atoms with E-state index in [1.807, 2.05) is 91.0 Å². The Morgan fingerprint density at radius 2 is 1.50 bits per heavy atom. The minimum atomic E-state index is 0.368. The lowest BCUT2D eigenvalue weighted by Crippen LogP contribution is -2.23. The molecule has 1 aromatic heterocycles. The van der Waals surface area contributed by atoms with Crippen LogP contribution in [0.3, 0.4) is 0 Å². The van der Waals surface area contributed by atoms with Crippen LogP contribution in [-0.4, -0.2) is 16.3 Å². The lowest BCUT2D eigenvalue weighted by atomic mass is 10.2. The summed E-state index contributed by atoms with van der Waals surface area (Å²) >= 11 is 5.27. The molecule has 7 heteroatoms. The molecular formula is C27H24N4O2S. The highest BCUT2D eigenvalue weighted by atomic mass is 32.1. The zero-order chi connectivity index (χ0) is 23.4. The van der Waals surface area contributed by atoms with Crippen LogP contribution in [0, 0.1) is 0 Å². The van der Waals surface area contributed by atoms with Gasteiger partial charge in [0.05, 0.1) is 18.1 Å². The average molecular weight is 469 g/mol. The molecule has 2 N–H and O–H groups in total. The molecule has 0 unspecified atom stereocenters. The first kappa shape index (κ1) is 22.9. The number of nitrogens with zero attached hydrogens (tertiary/aromatic N) is 2. The van der Waals surface area contributed by atoms with Gasteiger partial charge in [-0.15, -0.1) is 0 Å². The minimum absolute atomic E-state index is 0.368. The second-order valence-corrected chi connectivity index (χ2v) is 7.73. The van der Waals surface area contributed by atoms with E-state index in [1.165, 1.54) is 0 Å². The zero-order valence-electron chi connectivity index (χ0n) is 18.4. The van der Waals surface area contributed by atoms with E-state index < -0.39 is 0 Å². The molecule has 0 saturated heterocycles. The molecule has 0 fully saturated rings. The largest absolute Gasteiger partial charge is 0.485 e. The fraction of sp³-hybridized carbons (Fsp3) is 0.0741. The van der Waals surface area contributed by atoms with Gasteiger partial charge in [0.2, 0.25) is 0 Å². The monoisotopic (exact) mass is 468 g/mol. The molecule has 4 rings (SSSR count). The lowest BCUT2D eigenvalue weighted by Gasteiger charge is -2.14. The molecule has 0 spiro atoms. The summed E-state index contributed by atoms with van der Waals surface area (Å²) in [5.74, 6) is 1.30. The Hall–Kier alpha value is -4.23. The van der Waals surface area contributed by atoms with Gasteiger partial charge in [-0.1, -0.05) is 60.7 Å². The summed E-state index contributed by atoms with van der Waals surface area (Å²) in [7, 11) is 0. The Kier molecular flexibility index (Phi) is 8.19. The highest BCUT2D eigenvalue weighted by Crippen LogP contribution is 2.29. The molecule has 6 nitrogen and oxygen atoms in total. The van der Waals surface area contributed by atoms with Gasteiger partial charge in [0.15, 0.2) is 16.6 Å². The van der Waals surface area contributed by atoms with Crippen molar-refractivity contribution in [2.24, 2.45) is 5.10 Å². The number of pyridine rings is 1. The van der Waals surface area contributed by atoms with E-state index >= 15 is 0 Å². The Morgan fingerprint density at radius 3 is 2.15 bits per heavy atom. The van der Waals surface area contributed by atoms with Crippen molar-refractivity contribution in [3.8, 4) is 11.5 Å². The lowest BCUT2D eigenvalue weighted by molar-refractivity contribution is 0.256. The normalized spacial score (nSPS) is 10.6. The maximum absolute atomic E-state index is 6.11. The Labute approximate surface area is 204 Å². The number of hydrogen-bond donors (Lipinski definition) is 2. The van der Waals surface area contributed by atoms with Gasteiger partial charge < -0.3 is 14.8 Å².